The second kappa shape index (κ2) is 11.7. The van der Waals surface area contributed by atoms with Crippen molar-refractivity contribution in [1.29, 1.82) is 0 Å². The summed E-state index contributed by atoms with van der Waals surface area (Å²) in [6.07, 6.45) is 0.969. The number of aliphatic carboxylic acids is 1. The van der Waals surface area contributed by atoms with Gasteiger partial charge >= 0.3 is 12.1 Å². The third kappa shape index (κ3) is 6.51. The largest absolute Gasteiger partial charge is 0.493 e. The monoisotopic (exact) mass is 583 g/mol. The fraction of sp³-hybridized carbons (Fsp3) is 0.515. The number of carboxylic acid groups (broad SMARTS) is 1. The number of halogens is 3. The van der Waals surface area contributed by atoms with E-state index in [4.69, 9.17) is 4.74 Å². The normalized spacial score (nSPS) is 25.8. The van der Waals surface area contributed by atoms with Crippen LogP contribution in [-0.4, -0.2) is 34.8 Å². The summed E-state index contributed by atoms with van der Waals surface area (Å²) in [5.74, 6) is 0.250. The average molecular weight is 584 g/mol. The topological polar surface area (TPSA) is 83.5 Å². The van der Waals surface area contributed by atoms with Gasteiger partial charge in [-0.3, -0.25) is 9.78 Å². The van der Waals surface area contributed by atoms with Crippen LogP contribution in [0.25, 0.3) is 10.9 Å². The summed E-state index contributed by atoms with van der Waals surface area (Å²) in [6, 6.07) is 13.0. The molecule has 2 aromatic carbocycles. The van der Waals surface area contributed by atoms with Crippen LogP contribution in [-0.2, 0) is 11.0 Å². The van der Waals surface area contributed by atoms with Crippen LogP contribution in [0.2, 0.25) is 0 Å². The van der Waals surface area contributed by atoms with Crippen molar-refractivity contribution in [3.8, 4) is 5.75 Å². The van der Waals surface area contributed by atoms with Crippen molar-refractivity contribution in [3.05, 3.63) is 59.8 Å². The molecule has 1 heterocycles. The van der Waals surface area contributed by atoms with E-state index in [0.29, 0.717) is 43.3 Å². The van der Waals surface area contributed by atoms with Gasteiger partial charge in [0, 0.05) is 34.1 Å². The molecular weight excluding hydrogens is 543 g/mol. The fourth-order valence-corrected chi connectivity index (χ4v) is 7.49. The second-order valence-corrected chi connectivity index (χ2v) is 12.5. The standard InChI is InChI=1S/C33H40F3N3O3/c1-4-32(19-23-12-21(2)17-31(18-23,20-32)30(40)41)37-10-7-11-42-26-15-24(33(34,35)36)14-25(16-26)39-29-13-22(3)38-28-9-6-5-8-27(28)29/h5-6,8-9,13-16,21,23,37H,4,7,10-12,17-20H2,1-3H3,(H,38,39)(H,40,41). The first-order valence-corrected chi connectivity index (χ1v) is 14.9. The van der Waals surface area contributed by atoms with Gasteiger partial charge in [0.1, 0.15) is 5.75 Å². The molecule has 0 amide bonds. The van der Waals surface area contributed by atoms with Crippen LogP contribution in [0, 0.1) is 24.2 Å². The van der Waals surface area contributed by atoms with E-state index in [0.717, 1.165) is 54.4 Å². The van der Waals surface area contributed by atoms with Crippen LogP contribution in [0.1, 0.15) is 70.1 Å². The molecule has 2 aliphatic rings. The van der Waals surface area contributed by atoms with Gasteiger partial charge in [0.05, 0.1) is 23.1 Å². The fourth-order valence-electron chi connectivity index (χ4n) is 7.49. The number of pyridine rings is 1. The maximum Gasteiger partial charge on any atom is 0.416 e. The van der Waals surface area contributed by atoms with Gasteiger partial charge in [-0.1, -0.05) is 32.0 Å². The number of benzene rings is 2. The van der Waals surface area contributed by atoms with Crippen LogP contribution in [0.4, 0.5) is 24.5 Å². The summed E-state index contributed by atoms with van der Waals surface area (Å²) in [5, 5.41) is 17.8. The summed E-state index contributed by atoms with van der Waals surface area (Å²) in [6.45, 7) is 6.93. The maximum atomic E-state index is 13.8. The van der Waals surface area contributed by atoms with Crippen molar-refractivity contribution >= 4 is 28.2 Å². The van der Waals surface area contributed by atoms with E-state index in [2.05, 4.69) is 29.5 Å². The number of nitrogens with zero attached hydrogens (tertiary/aromatic N) is 1. The molecule has 3 aromatic rings. The lowest BCUT2D eigenvalue weighted by atomic mass is 9.54. The summed E-state index contributed by atoms with van der Waals surface area (Å²) < 4.78 is 47.2. The van der Waals surface area contributed by atoms with Gasteiger partial charge in [0.15, 0.2) is 0 Å². The predicted molar refractivity (Wildman–Crippen MR) is 158 cm³/mol. The molecule has 4 unspecified atom stereocenters. The van der Waals surface area contributed by atoms with Gasteiger partial charge in [-0.2, -0.15) is 13.2 Å². The first kappa shape index (κ1) is 30.1. The van der Waals surface area contributed by atoms with Gasteiger partial charge in [0.25, 0.3) is 0 Å². The molecule has 3 N–H and O–H groups in total. The smallest absolute Gasteiger partial charge is 0.416 e. The number of rotatable bonds is 10. The Hall–Kier alpha value is -3.33. The molecule has 0 radical (unpaired) electrons. The third-order valence-electron chi connectivity index (χ3n) is 9.09. The van der Waals surface area contributed by atoms with E-state index in [1.165, 1.54) is 0 Å². The predicted octanol–water partition coefficient (Wildman–Crippen LogP) is 8.11. The third-order valence-corrected chi connectivity index (χ3v) is 9.09. The quantitative estimate of drug-likeness (QED) is 0.209. The van der Waals surface area contributed by atoms with Crippen molar-refractivity contribution in [1.82, 2.24) is 10.3 Å². The van der Waals surface area contributed by atoms with E-state index in [9.17, 15) is 23.1 Å². The highest BCUT2D eigenvalue weighted by Gasteiger charge is 2.54. The molecule has 6 nitrogen and oxygen atoms in total. The lowest BCUT2D eigenvalue weighted by Gasteiger charge is -2.53. The lowest BCUT2D eigenvalue weighted by Crippen LogP contribution is -2.58. The SMILES string of the molecule is CCC1(NCCCOc2cc(Nc3cc(C)nc4ccccc34)cc(C(F)(F)F)c2)CC2CC(C)CC(C(=O)O)(C2)C1. The first-order chi connectivity index (χ1) is 19.9. The lowest BCUT2D eigenvalue weighted by molar-refractivity contribution is -0.160. The second-order valence-electron chi connectivity index (χ2n) is 12.5. The van der Waals surface area contributed by atoms with E-state index in [-0.39, 0.29) is 23.6 Å². The minimum Gasteiger partial charge on any atom is -0.493 e. The zero-order chi connectivity index (χ0) is 30.1. The summed E-state index contributed by atoms with van der Waals surface area (Å²) in [4.78, 5) is 16.9. The van der Waals surface area contributed by atoms with Crippen LogP contribution in [0.5, 0.6) is 5.75 Å². The van der Waals surface area contributed by atoms with Crippen molar-refractivity contribution in [3.63, 3.8) is 0 Å². The van der Waals surface area contributed by atoms with Gasteiger partial charge in [-0.05, 0) is 94.5 Å². The highest BCUT2D eigenvalue weighted by molar-refractivity contribution is 5.93. The van der Waals surface area contributed by atoms with Crippen LogP contribution >= 0.6 is 0 Å². The molecule has 2 saturated carbocycles. The molecule has 226 valence electrons. The molecule has 9 heteroatoms. The van der Waals surface area contributed by atoms with Crippen LogP contribution < -0.4 is 15.4 Å². The zero-order valence-electron chi connectivity index (χ0n) is 24.5. The number of carbonyl (C=O) groups is 1. The highest BCUT2D eigenvalue weighted by atomic mass is 19.4. The molecule has 4 atom stereocenters. The Bertz CT molecular complexity index is 1440. The Morgan fingerprint density at radius 3 is 2.67 bits per heavy atom. The minimum absolute atomic E-state index is 0.138. The number of fused-ring (bicyclic) bond motifs is 3. The Labute approximate surface area is 245 Å². The van der Waals surface area contributed by atoms with Crippen LogP contribution in [0.3, 0.4) is 0 Å². The Morgan fingerprint density at radius 1 is 1.14 bits per heavy atom. The number of aryl methyl sites for hydroxylation is 1. The number of hydrogen-bond donors (Lipinski definition) is 3. The van der Waals surface area contributed by atoms with Crippen molar-refractivity contribution in [2.24, 2.45) is 17.3 Å². The number of nitrogens with one attached hydrogen (secondary N) is 2. The molecule has 0 spiro atoms. The number of carboxylic acids is 1. The van der Waals surface area contributed by atoms with Gasteiger partial charge in [-0.25, -0.2) is 0 Å². The Morgan fingerprint density at radius 2 is 1.93 bits per heavy atom. The summed E-state index contributed by atoms with van der Waals surface area (Å²) in [5.41, 5.74) is 0.736. The summed E-state index contributed by atoms with van der Waals surface area (Å²) >= 11 is 0. The van der Waals surface area contributed by atoms with Crippen LogP contribution in [0.15, 0.2) is 48.5 Å². The average Bonchev–Trinajstić information content (AvgIpc) is 2.91. The Balaban J connectivity index is 1.26. The van der Waals surface area contributed by atoms with Gasteiger partial charge < -0.3 is 20.5 Å². The Kier molecular flexibility index (Phi) is 8.43. The number of aromatic nitrogens is 1. The number of hydrogen-bond acceptors (Lipinski definition) is 5. The number of ether oxygens (including phenoxy) is 1. The number of para-hydroxylation sites is 1. The number of anilines is 2. The molecule has 5 rings (SSSR count). The first-order valence-electron chi connectivity index (χ1n) is 14.9. The van der Waals surface area contributed by atoms with Gasteiger partial charge in [-0.15, -0.1) is 0 Å². The maximum absolute atomic E-state index is 13.8. The van der Waals surface area contributed by atoms with E-state index >= 15 is 0 Å². The van der Waals surface area contributed by atoms with Gasteiger partial charge in [0.2, 0.25) is 0 Å². The minimum atomic E-state index is -4.53. The highest BCUT2D eigenvalue weighted by Crippen LogP contribution is 2.55. The molecule has 0 aliphatic heterocycles. The van der Waals surface area contributed by atoms with Crippen molar-refractivity contribution in [2.75, 3.05) is 18.5 Å². The van der Waals surface area contributed by atoms with Crippen molar-refractivity contribution in [2.45, 2.75) is 77.4 Å². The molecule has 0 saturated heterocycles. The molecule has 42 heavy (non-hydrogen) atoms. The van der Waals surface area contributed by atoms with E-state index < -0.39 is 23.1 Å². The molecule has 2 fully saturated rings. The molecule has 2 bridgehead atoms. The van der Waals surface area contributed by atoms with E-state index in [1.807, 2.05) is 37.3 Å². The molecular formula is C33H40F3N3O3. The van der Waals surface area contributed by atoms with E-state index in [1.54, 1.807) is 6.07 Å². The molecule has 1 aromatic heterocycles. The summed E-state index contributed by atoms with van der Waals surface area (Å²) in [7, 11) is 0. The zero-order valence-corrected chi connectivity index (χ0v) is 24.5. The molecule has 2 aliphatic carbocycles. The van der Waals surface area contributed by atoms with Crippen molar-refractivity contribution < 1.29 is 27.8 Å². The number of alkyl halides is 3.